The number of halogens is 2. The van der Waals surface area contributed by atoms with Crippen LogP contribution in [0.3, 0.4) is 0 Å². The van der Waals surface area contributed by atoms with Crippen LogP contribution in [-0.4, -0.2) is 37.5 Å². The van der Waals surface area contributed by atoms with Crippen LogP contribution in [0.5, 0.6) is 0 Å². The summed E-state index contributed by atoms with van der Waals surface area (Å²) in [5.74, 6) is -2.22. The molecule has 0 aliphatic carbocycles. The van der Waals surface area contributed by atoms with Crippen molar-refractivity contribution in [2.24, 2.45) is 0 Å². The second-order valence-electron chi connectivity index (χ2n) is 5.93. The van der Waals surface area contributed by atoms with Gasteiger partial charge in [-0.25, -0.2) is 4.79 Å². The fourth-order valence-electron chi connectivity index (χ4n) is 2.25. The number of hydrogen-bond donors (Lipinski definition) is 2. The maximum atomic E-state index is 11.9. The van der Waals surface area contributed by atoms with Crippen molar-refractivity contribution in [2.45, 2.75) is 12.8 Å². The van der Waals surface area contributed by atoms with Crippen molar-refractivity contribution < 1.29 is 28.7 Å². The minimum Gasteiger partial charge on any atom is -0.465 e. The first-order chi connectivity index (χ1) is 14.3. The Balaban J connectivity index is 1.72. The van der Waals surface area contributed by atoms with E-state index < -0.39 is 30.4 Å². The Morgan fingerprint density at radius 1 is 0.900 bits per heavy atom. The largest absolute Gasteiger partial charge is 0.465 e. The zero-order valence-electron chi connectivity index (χ0n) is 15.9. The molecule has 0 spiro atoms. The Bertz CT molecular complexity index is 947. The number of amides is 2. The topological polar surface area (TPSA) is 111 Å². The summed E-state index contributed by atoms with van der Waals surface area (Å²) in [4.78, 5) is 46.9. The third-order valence-electron chi connectivity index (χ3n) is 3.74. The monoisotopic (exact) mass is 452 g/mol. The molecule has 0 aliphatic heterocycles. The van der Waals surface area contributed by atoms with E-state index in [0.29, 0.717) is 16.9 Å². The minimum atomic E-state index is -0.710. The molecule has 0 radical (unpaired) electrons. The molecular formula is C20H18Cl2N2O6. The van der Waals surface area contributed by atoms with Crippen LogP contribution in [0.25, 0.3) is 0 Å². The molecule has 0 atom stereocenters. The van der Waals surface area contributed by atoms with Crippen LogP contribution in [0.15, 0.2) is 42.5 Å². The molecule has 0 saturated heterocycles. The van der Waals surface area contributed by atoms with E-state index in [1.807, 2.05) is 0 Å². The smallest absolute Gasteiger partial charge is 0.337 e. The van der Waals surface area contributed by atoms with Crippen molar-refractivity contribution >= 4 is 58.3 Å². The number of ether oxygens (including phenoxy) is 2. The Morgan fingerprint density at radius 2 is 1.60 bits per heavy atom. The number of carbonyl (C=O) groups is 4. The molecule has 30 heavy (non-hydrogen) atoms. The standard InChI is InChI=1S/C20H18Cl2N2O6/c1-29-20(28)12-5-7-13(8-6-12)23-16(25)9-10-18(27)30-11-17(26)24-15-4-2-3-14(21)19(15)22/h2-8H,9-11H2,1H3,(H,23,25)(H,24,26). The maximum absolute atomic E-state index is 11.9. The van der Waals surface area contributed by atoms with Gasteiger partial charge in [0.25, 0.3) is 5.91 Å². The molecule has 0 aliphatic rings. The van der Waals surface area contributed by atoms with Crippen LogP contribution < -0.4 is 10.6 Å². The third-order valence-corrected chi connectivity index (χ3v) is 4.55. The number of hydrogen-bond acceptors (Lipinski definition) is 6. The lowest BCUT2D eigenvalue weighted by atomic mass is 10.2. The van der Waals surface area contributed by atoms with Gasteiger partial charge in [-0.2, -0.15) is 0 Å². The summed E-state index contributed by atoms with van der Waals surface area (Å²) in [6, 6.07) is 10.8. The lowest BCUT2D eigenvalue weighted by Crippen LogP contribution is -2.22. The van der Waals surface area contributed by atoms with Gasteiger partial charge < -0.3 is 20.1 Å². The van der Waals surface area contributed by atoms with Crippen LogP contribution in [0, 0.1) is 0 Å². The van der Waals surface area contributed by atoms with Crippen LogP contribution in [-0.2, 0) is 23.9 Å². The first-order valence-corrected chi connectivity index (χ1v) is 9.43. The lowest BCUT2D eigenvalue weighted by Gasteiger charge is -2.09. The molecule has 2 N–H and O–H groups in total. The zero-order chi connectivity index (χ0) is 22.1. The Kier molecular flexibility index (Phi) is 8.64. The van der Waals surface area contributed by atoms with E-state index in [9.17, 15) is 19.2 Å². The molecule has 0 heterocycles. The van der Waals surface area contributed by atoms with Gasteiger partial charge in [0.2, 0.25) is 5.91 Å². The molecule has 0 bridgehead atoms. The summed E-state index contributed by atoms with van der Waals surface area (Å²) in [6.45, 7) is -0.529. The number of carbonyl (C=O) groups excluding carboxylic acids is 4. The summed E-state index contributed by atoms with van der Waals surface area (Å²) in [6.07, 6.45) is -0.351. The van der Waals surface area contributed by atoms with E-state index in [4.69, 9.17) is 27.9 Å². The molecule has 0 unspecified atom stereocenters. The van der Waals surface area contributed by atoms with Crippen molar-refractivity contribution in [3.05, 3.63) is 58.1 Å². The van der Waals surface area contributed by atoms with E-state index in [1.54, 1.807) is 18.2 Å². The summed E-state index contributed by atoms with van der Waals surface area (Å²) < 4.78 is 9.43. The van der Waals surface area contributed by atoms with Gasteiger partial charge in [-0.1, -0.05) is 29.3 Å². The highest BCUT2D eigenvalue weighted by atomic mass is 35.5. The quantitative estimate of drug-likeness (QED) is 0.590. The van der Waals surface area contributed by atoms with Gasteiger partial charge in [0.15, 0.2) is 6.61 Å². The van der Waals surface area contributed by atoms with Crippen LogP contribution in [0.2, 0.25) is 10.0 Å². The summed E-state index contributed by atoms with van der Waals surface area (Å²) in [5, 5.41) is 5.51. The van der Waals surface area contributed by atoms with E-state index in [-0.39, 0.29) is 22.9 Å². The van der Waals surface area contributed by atoms with Gasteiger partial charge in [-0.3, -0.25) is 14.4 Å². The molecule has 2 aromatic carbocycles. The van der Waals surface area contributed by atoms with Crippen molar-refractivity contribution in [2.75, 3.05) is 24.4 Å². The second-order valence-corrected chi connectivity index (χ2v) is 6.71. The molecule has 158 valence electrons. The van der Waals surface area contributed by atoms with Crippen molar-refractivity contribution in [1.82, 2.24) is 0 Å². The Hall–Kier alpha value is -3.10. The fraction of sp³-hybridized carbons (Fsp3) is 0.200. The molecule has 8 nitrogen and oxygen atoms in total. The predicted molar refractivity (Wildman–Crippen MR) is 112 cm³/mol. The van der Waals surface area contributed by atoms with Crippen molar-refractivity contribution in [3.8, 4) is 0 Å². The number of benzene rings is 2. The van der Waals surface area contributed by atoms with Gasteiger partial charge in [0.05, 0.1) is 34.8 Å². The number of esters is 2. The third kappa shape index (κ3) is 7.06. The fourth-order valence-corrected chi connectivity index (χ4v) is 2.60. The Morgan fingerprint density at radius 3 is 2.27 bits per heavy atom. The molecule has 2 amide bonds. The van der Waals surface area contributed by atoms with Crippen LogP contribution in [0.1, 0.15) is 23.2 Å². The SMILES string of the molecule is COC(=O)c1ccc(NC(=O)CCC(=O)OCC(=O)Nc2cccc(Cl)c2Cl)cc1. The van der Waals surface area contributed by atoms with E-state index in [1.165, 1.54) is 31.4 Å². The molecule has 10 heteroatoms. The first-order valence-electron chi connectivity index (χ1n) is 8.68. The summed E-state index contributed by atoms with van der Waals surface area (Å²) in [5.41, 5.74) is 1.10. The second kappa shape index (κ2) is 11.2. The predicted octanol–water partition coefficient (Wildman–Crippen LogP) is 3.68. The highest BCUT2D eigenvalue weighted by molar-refractivity contribution is 6.44. The molecule has 0 fully saturated rings. The van der Waals surface area contributed by atoms with E-state index in [0.717, 1.165) is 0 Å². The van der Waals surface area contributed by atoms with Crippen molar-refractivity contribution in [3.63, 3.8) is 0 Å². The van der Waals surface area contributed by atoms with Gasteiger partial charge in [0, 0.05) is 12.1 Å². The highest BCUT2D eigenvalue weighted by Gasteiger charge is 2.13. The Labute approximate surface area is 182 Å². The average molecular weight is 453 g/mol. The first kappa shape index (κ1) is 23.2. The normalized spacial score (nSPS) is 10.1. The summed E-state index contributed by atoms with van der Waals surface area (Å²) >= 11 is 11.8. The summed E-state index contributed by atoms with van der Waals surface area (Å²) in [7, 11) is 1.27. The number of methoxy groups -OCH3 is 1. The molecule has 0 saturated carbocycles. The molecule has 0 aromatic heterocycles. The lowest BCUT2D eigenvalue weighted by molar-refractivity contribution is -0.147. The molecular weight excluding hydrogens is 435 g/mol. The van der Waals surface area contributed by atoms with Gasteiger partial charge in [-0.15, -0.1) is 0 Å². The van der Waals surface area contributed by atoms with Gasteiger partial charge >= 0.3 is 11.9 Å². The van der Waals surface area contributed by atoms with Gasteiger partial charge in [0.1, 0.15) is 0 Å². The van der Waals surface area contributed by atoms with E-state index in [2.05, 4.69) is 15.4 Å². The van der Waals surface area contributed by atoms with E-state index >= 15 is 0 Å². The zero-order valence-corrected chi connectivity index (χ0v) is 17.4. The number of anilines is 2. The maximum Gasteiger partial charge on any atom is 0.337 e. The van der Waals surface area contributed by atoms with Gasteiger partial charge in [-0.05, 0) is 36.4 Å². The minimum absolute atomic E-state index is 0.140. The van der Waals surface area contributed by atoms with Crippen LogP contribution >= 0.6 is 23.2 Å². The number of rotatable bonds is 8. The molecule has 2 rings (SSSR count). The van der Waals surface area contributed by atoms with Crippen LogP contribution in [0.4, 0.5) is 11.4 Å². The molecule has 2 aromatic rings. The highest BCUT2D eigenvalue weighted by Crippen LogP contribution is 2.29. The number of nitrogens with one attached hydrogen (secondary N) is 2. The van der Waals surface area contributed by atoms with Crippen molar-refractivity contribution in [1.29, 1.82) is 0 Å². The average Bonchev–Trinajstić information content (AvgIpc) is 2.74.